The second-order valence-electron chi connectivity index (χ2n) is 3.24. The van der Waals surface area contributed by atoms with Crippen LogP contribution in [0.2, 0.25) is 0 Å². The third kappa shape index (κ3) is 2.27. The van der Waals surface area contributed by atoms with Crippen molar-refractivity contribution in [2.75, 3.05) is 20.1 Å². The summed E-state index contributed by atoms with van der Waals surface area (Å²) in [4.78, 5) is 2.24. The van der Waals surface area contributed by atoms with E-state index in [2.05, 4.69) is 22.3 Å². The van der Waals surface area contributed by atoms with Gasteiger partial charge in [-0.1, -0.05) is 0 Å². The quantitative estimate of drug-likeness (QED) is 0.171. The van der Waals surface area contributed by atoms with Crippen molar-refractivity contribution in [3.05, 3.63) is 0 Å². The molecule has 12 heavy (non-hydrogen) atoms. The van der Waals surface area contributed by atoms with Crippen molar-refractivity contribution >= 4 is 5.84 Å². The highest BCUT2D eigenvalue weighted by Gasteiger charge is 2.26. The Morgan fingerprint density at radius 1 is 1.67 bits per heavy atom. The van der Waals surface area contributed by atoms with Crippen molar-refractivity contribution in [3.8, 4) is 0 Å². The molecule has 0 bridgehead atoms. The molecule has 0 amide bonds. The molecule has 0 radical (unpaired) electrons. The van der Waals surface area contributed by atoms with E-state index in [0.717, 1.165) is 19.5 Å². The lowest BCUT2D eigenvalue weighted by atomic mass is 9.98. The number of piperidine rings is 1. The molecular weight excluding hydrogens is 154 g/mol. The lowest BCUT2D eigenvalue weighted by Crippen LogP contribution is -2.48. The Bertz CT molecular complexity index is 188. The summed E-state index contributed by atoms with van der Waals surface area (Å²) in [5.41, 5.74) is 0. The fraction of sp³-hybridized carbons (Fsp3) is 0.857. The van der Waals surface area contributed by atoms with Gasteiger partial charge in [0.2, 0.25) is 0 Å². The second kappa shape index (κ2) is 4.15. The summed E-state index contributed by atoms with van der Waals surface area (Å²) in [5, 5.41) is 12.5. The van der Waals surface area contributed by atoms with Gasteiger partial charge in [-0.2, -0.15) is 0 Å². The molecule has 0 aliphatic carbocycles. The van der Waals surface area contributed by atoms with E-state index >= 15 is 0 Å². The number of rotatable bonds is 1. The van der Waals surface area contributed by atoms with Crippen LogP contribution in [0.3, 0.4) is 0 Å². The first-order valence-corrected chi connectivity index (χ1v) is 4.16. The van der Waals surface area contributed by atoms with Gasteiger partial charge in [0.05, 0.1) is 11.0 Å². The lowest BCUT2D eigenvalue weighted by Gasteiger charge is -2.25. The zero-order chi connectivity index (χ0) is 8.97. The van der Waals surface area contributed by atoms with Gasteiger partial charge in [0, 0.05) is 11.8 Å². The molecule has 5 heteroatoms. The average Bonchev–Trinajstić information content (AvgIpc) is 2.05. The molecule has 1 aliphatic rings. The van der Waals surface area contributed by atoms with Crippen LogP contribution < -0.4 is 11.3 Å². The van der Waals surface area contributed by atoms with E-state index in [-0.39, 0.29) is 0 Å². The topological polar surface area (TPSA) is 79.6 Å². The molecule has 68 valence electrons. The number of likely N-dealkylation sites (tertiary alicyclic amines) is 1. The van der Waals surface area contributed by atoms with Crippen LogP contribution >= 0.6 is 0 Å². The normalized spacial score (nSPS) is 26.2. The van der Waals surface area contributed by atoms with E-state index in [1.807, 2.05) is 0 Å². The maximum absolute atomic E-state index is 5.67. The predicted octanol–water partition coefficient (Wildman–Crippen LogP) is -1.19. The molecule has 1 rings (SSSR count). The van der Waals surface area contributed by atoms with Crippen molar-refractivity contribution in [2.45, 2.75) is 12.8 Å². The first kappa shape index (κ1) is 9.12. The molecule has 0 unspecified atom stereocenters. The van der Waals surface area contributed by atoms with Crippen LogP contribution in [-0.4, -0.2) is 30.9 Å². The Hall–Kier alpha value is -0.970. The van der Waals surface area contributed by atoms with Crippen molar-refractivity contribution in [1.82, 2.24) is 4.90 Å². The molecule has 0 aromatic rings. The molecule has 1 heterocycles. The summed E-state index contributed by atoms with van der Waals surface area (Å²) in [6.45, 7) is 2.11. The highest BCUT2D eigenvalue weighted by Crippen LogP contribution is 2.15. The van der Waals surface area contributed by atoms with E-state index in [0.29, 0.717) is 11.8 Å². The third-order valence-corrected chi connectivity index (χ3v) is 2.22. The number of hydrogen-bond donors (Lipinski definition) is 2. The first-order valence-electron chi connectivity index (χ1n) is 4.16. The number of nitrogens with two attached hydrogens (primary N) is 2. The Morgan fingerprint density at radius 2 is 2.42 bits per heavy atom. The number of amidine groups is 1. The average molecular weight is 170 g/mol. The maximum atomic E-state index is 5.67. The summed E-state index contributed by atoms with van der Waals surface area (Å²) in [7, 11) is 2.08. The first-order chi connectivity index (χ1) is 5.74. The summed E-state index contributed by atoms with van der Waals surface area (Å²) in [6.07, 6.45) is 2.26. The maximum Gasteiger partial charge on any atom is 0.323 e. The largest absolute Gasteiger partial charge is 0.323 e. The van der Waals surface area contributed by atoms with Gasteiger partial charge < -0.3 is 4.90 Å². The van der Waals surface area contributed by atoms with E-state index in [4.69, 9.17) is 11.3 Å². The van der Waals surface area contributed by atoms with Crippen molar-refractivity contribution in [2.24, 2.45) is 22.1 Å². The van der Waals surface area contributed by atoms with Crippen LogP contribution in [-0.2, 0) is 0 Å². The molecule has 1 saturated heterocycles. The highest BCUT2D eigenvalue weighted by molar-refractivity contribution is 5.79. The number of nitrogens with zero attached hydrogens (tertiary/aromatic N) is 3. The minimum atomic E-state index is 0.330. The molecule has 4 N–H and O–H groups in total. The lowest BCUT2D eigenvalue weighted by molar-refractivity contribution is -0.123. The van der Waals surface area contributed by atoms with Gasteiger partial charge in [-0.05, 0) is 26.4 Å². The van der Waals surface area contributed by atoms with Crippen LogP contribution in [0.1, 0.15) is 12.8 Å². The molecule has 5 nitrogen and oxygen atoms in total. The minimum absolute atomic E-state index is 0.330. The number of hydrogen-bond acceptors (Lipinski definition) is 2. The summed E-state index contributed by atoms with van der Waals surface area (Å²) in [5.74, 6) is 5.80. The Kier molecular flexibility index (Phi) is 3.16. The summed E-state index contributed by atoms with van der Waals surface area (Å²) < 4.78 is 0. The van der Waals surface area contributed by atoms with Gasteiger partial charge >= 0.3 is 5.84 Å². The third-order valence-electron chi connectivity index (χ3n) is 2.22. The van der Waals surface area contributed by atoms with E-state index in [1.54, 1.807) is 0 Å². The second-order valence-corrected chi connectivity index (χ2v) is 3.24. The molecule has 0 aromatic heterocycles. The van der Waals surface area contributed by atoms with Crippen molar-refractivity contribution in [3.63, 3.8) is 0 Å². The van der Waals surface area contributed by atoms with Crippen molar-refractivity contribution in [1.29, 1.82) is 0 Å². The predicted molar refractivity (Wildman–Crippen MR) is 46.2 cm³/mol. The van der Waals surface area contributed by atoms with E-state index in [9.17, 15) is 0 Å². The molecule has 0 aromatic carbocycles. The highest BCUT2D eigenvalue weighted by atomic mass is 15.3. The minimum Gasteiger partial charge on any atom is -0.305 e. The van der Waals surface area contributed by atoms with Crippen LogP contribution in [0, 0.1) is 5.92 Å². The van der Waals surface area contributed by atoms with Gasteiger partial charge in [-0.25, -0.2) is 0 Å². The van der Waals surface area contributed by atoms with E-state index < -0.39 is 0 Å². The Labute approximate surface area is 72.1 Å². The monoisotopic (exact) mass is 170 g/mol. The van der Waals surface area contributed by atoms with E-state index in [1.165, 1.54) is 6.42 Å². The molecule has 0 saturated carbocycles. The molecule has 1 aliphatic heterocycles. The van der Waals surface area contributed by atoms with Crippen LogP contribution in [0.25, 0.3) is 0 Å². The Morgan fingerprint density at radius 3 is 3.00 bits per heavy atom. The zero-order valence-corrected chi connectivity index (χ0v) is 7.40. The smallest absolute Gasteiger partial charge is 0.305 e. The van der Waals surface area contributed by atoms with Gasteiger partial charge in [-0.15, -0.1) is 0 Å². The summed E-state index contributed by atoms with van der Waals surface area (Å²) in [6, 6.07) is 0. The van der Waals surface area contributed by atoms with Crippen LogP contribution in [0.5, 0.6) is 0 Å². The standard InChI is InChI=1S/C7H15N5/c1-12-4-2-3-6(5-12)7(8)10-11-9/h6H,2-5H2,1H3,(H3,8,9,10)/p+1/t6-/m0/s1. The fourth-order valence-electron chi connectivity index (χ4n) is 1.56. The van der Waals surface area contributed by atoms with Gasteiger partial charge in [0.1, 0.15) is 0 Å². The zero-order valence-electron chi connectivity index (χ0n) is 7.40. The fourth-order valence-corrected chi connectivity index (χ4v) is 1.56. The van der Waals surface area contributed by atoms with Crippen LogP contribution in [0.4, 0.5) is 0 Å². The summed E-state index contributed by atoms with van der Waals surface area (Å²) >= 11 is 0. The van der Waals surface area contributed by atoms with Crippen LogP contribution in [0.15, 0.2) is 10.3 Å². The van der Waals surface area contributed by atoms with Gasteiger partial charge in [0.25, 0.3) is 0 Å². The van der Waals surface area contributed by atoms with Gasteiger partial charge in [0.15, 0.2) is 0 Å². The van der Waals surface area contributed by atoms with Crippen molar-refractivity contribution < 1.29 is 5.41 Å². The van der Waals surface area contributed by atoms with Gasteiger partial charge in [-0.3, -0.25) is 11.3 Å². The molecule has 0 spiro atoms. The molecular formula is C7H16N5+. The molecule has 1 fully saturated rings. The SMILES string of the molecule is CN1CCC[C@H](C(=[NH2+])N=NN)C1. The molecule has 1 atom stereocenters. The Balaban J connectivity index is 2.45.